The zero-order valence-corrected chi connectivity index (χ0v) is 7.47. The van der Waals surface area contributed by atoms with E-state index in [1.807, 2.05) is 13.8 Å². The Labute approximate surface area is 75.0 Å². The number of hydrogen-bond acceptors (Lipinski definition) is 4. The van der Waals surface area contributed by atoms with Crippen molar-refractivity contribution in [3.63, 3.8) is 0 Å². The lowest BCUT2D eigenvalue weighted by Gasteiger charge is -2.07. The predicted octanol–water partition coefficient (Wildman–Crippen LogP) is 0.864. The number of nitrogens with zero attached hydrogens (tertiary/aromatic N) is 3. The van der Waals surface area contributed by atoms with Gasteiger partial charge in [0.05, 0.1) is 6.61 Å². The fourth-order valence-corrected chi connectivity index (χ4v) is 1.13. The van der Waals surface area contributed by atoms with Crippen molar-refractivity contribution in [1.82, 2.24) is 9.55 Å². The summed E-state index contributed by atoms with van der Waals surface area (Å²) >= 11 is 0. The van der Waals surface area contributed by atoms with Crippen LogP contribution in [0.2, 0.25) is 0 Å². The van der Waals surface area contributed by atoms with Crippen LogP contribution in [0.3, 0.4) is 0 Å². The number of aliphatic hydroxyl groups excluding tert-OH is 1. The van der Waals surface area contributed by atoms with Crippen molar-refractivity contribution in [2.75, 3.05) is 0 Å². The fraction of sp³-hybridized carbons (Fsp3) is 0.571. The van der Waals surface area contributed by atoms with Gasteiger partial charge in [0.25, 0.3) is 0 Å². The lowest BCUT2D eigenvalue weighted by molar-refractivity contribution is -0.390. The minimum Gasteiger partial charge on any atom is -0.390 e. The second kappa shape index (κ2) is 3.53. The van der Waals surface area contributed by atoms with Gasteiger partial charge in [-0.25, -0.2) is 0 Å². The van der Waals surface area contributed by atoms with Crippen molar-refractivity contribution in [3.8, 4) is 0 Å². The van der Waals surface area contributed by atoms with Gasteiger partial charge in [-0.1, -0.05) is 0 Å². The molecule has 0 atom stereocenters. The maximum absolute atomic E-state index is 10.4. The fourth-order valence-electron chi connectivity index (χ4n) is 1.13. The van der Waals surface area contributed by atoms with Crippen LogP contribution in [-0.4, -0.2) is 19.6 Å². The molecule has 72 valence electrons. The van der Waals surface area contributed by atoms with E-state index in [1.165, 1.54) is 6.33 Å². The van der Waals surface area contributed by atoms with Crippen LogP contribution < -0.4 is 0 Å². The molecule has 1 rings (SSSR count). The molecule has 1 aromatic rings. The molecule has 0 aliphatic rings. The molecule has 1 heterocycles. The number of aromatic nitrogens is 2. The van der Waals surface area contributed by atoms with E-state index in [2.05, 4.69) is 4.98 Å². The zero-order chi connectivity index (χ0) is 10.0. The van der Waals surface area contributed by atoms with Crippen LogP contribution in [0.4, 0.5) is 5.82 Å². The van der Waals surface area contributed by atoms with Crippen molar-refractivity contribution in [2.45, 2.75) is 26.5 Å². The van der Waals surface area contributed by atoms with Gasteiger partial charge in [-0.2, -0.15) is 0 Å². The summed E-state index contributed by atoms with van der Waals surface area (Å²) in [5, 5.41) is 19.4. The van der Waals surface area contributed by atoms with Crippen molar-refractivity contribution in [2.24, 2.45) is 0 Å². The Balaban J connectivity index is 3.18. The first-order valence-corrected chi connectivity index (χ1v) is 3.89. The van der Waals surface area contributed by atoms with Gasteiger partial charge in [0, 0.05) is 6.04 Å². The molecule has 0 saturated carbocycles. The first-order valence-electron chi connectivity index (χ1n) is 3.89. The van der Waals surface area contributed by atoms with Gasteiger partial charge in [0.15, 0.2) is 0 Å². The second-order valence-electron chi connectivity index (χ2n) is 2.93. The molecule has 0 fully saturated rings. The third-order valence-corrected chi connectivity index (χ3v) is 1.75. The third-order valence-electron chi connectivity index (χ3n) is 1.75. The molecule has 0 saturated heterocycles. The highest BCUT2D eigenvalue weighted by Gasteiger charge is 2.21. The van der Waals surface area contributed by atoms with Crippen LogP contribution in [0.25, 0.3) is 0 Å². The molecular formula is C7H11N3O3. The van der Waals surface area contributed by atoms with Crippen LogP contribution in [0, 0.1) is 10.1 Å². The van der Waals surface area contributed by atoms with E-state index in [4.69, 9.17) is 5.11 Å². The molecule has 13 heavy (non-hydrogen) atoms. The van der Waals surface area contributed by atoms with E-state index < -0.39 is 4.92 Å². The topological polar surface area (TPSA) is 81.2 Å². The average Bonchev–Trinajstić information content (AvgIpc) is 2.46. The molecule has 6 heteroatoms. The molecule has 6 nitrogen and oxygen atoms in total. The van der Waals surface area contributed by atoms with Gasteiger partial charge in [0.2, 0.25) is 6.33 Å². The number of rotatable bonds is 3. The highest BCUT2D eigenvalue weighted by atomic mass is 16.6. The SMILES string of the molecule is CC(C)n1cnc([N+](=O)[O-])c1CO. The summed E-state index contributed by atoms with van der Waals surface area (Å²) in [7, 11) is 0. The van der Waals surface area contributed by atoms with Gasteiger partial charge in [-0.15, -0.1) is 0 Å². The highest BCUT2D eigenvalue weighted by molar-refractivity contribution is 5.26. The molecule has 0 bridgehead atoms. The van der Waals surface area contributed by atoms with Gasteiger partial charge in [0.1, 0.15) is 5.69 Å². The molecule has 0 amide bonds. The van der Waals surface area contributed by atoms with Gasteiger partial charge in [-0.05, 0) is 23.8 Å². The summed E-state index contributed by atoms with van der Waals surface area (Å²) in [5.41, 5.74) is 0.250. The van der Waals surface area contributed by atoms with Crippen molar-refractivity contribution < 1.29 is 10.0 Å². The first kappa shape index (κ1) is 9.66. The molecule has 0 radical (unpaired) electrons. The molecule has 0 aliphatic heterocycles. The summed E-state index contributed by atoms with van der Waals surface area (Å²) < 4.78 is 1.58. The van der Waals surface area contributed by atoms with Crippen LogP contribution in [-0.2, 0) is 6.61 Å². The maximum atomic E-state index is 10.4. The van der Waals surface area contributed by atoms with Crippen molar-refractivity contribution in [1.29, 1.82) is 0 Å². The van der Waals surface area contributed by atoms with E-state index in [1.54, 1.807) is 4.57 Å². The minimum atomic E-state index is -0.593. The predicted molar refractivity (Wildman–Crippen MR) is 45.2 cm³/mol. The Morgan fingerprint density at radius 1 is 1.77 bits per heavy atom. The van der Waals surface area contributed by atoms with Crippen LogP contribution >= 0.6 is 0 Å². The summed E-state index contributed by atoms with van der Waals surface area (Å²) in [6.45, 7) is 3.36. The third kappa shape index (κ3) is 1.67. The smallest absolute Gasteiger partial charge is 0.387 e. The summed E-state index contributed by atoms with van der Waals surface area (Å²) in [5.74, 6) is -0.267. The summed E-state index contributed by atoms with van der Waals surface area (Å²) in [6.07, 6.45) is 1.37. The molecule has 1 N–H and O–H groups in total. The largest absolute Gasteiger partial charge is 0.390 e. The maximum Gasteiger partial charge on any atom is 0.387 e. The number of aliphatic hydroxyl groups is 1. The van der Waals surface area contributed by atoms with Crippen molar-refractivity contribution in [3.05, 3.63) is 22.1 Å². The lowest BCUT2D eigenvalue weighted by atomic mass is 10.3. The molecule has 1 aromatic heterocycles. The Kier molecular flexibility index (Phi) is 2.62. The van der Waals surface area contributed by atoms with Crippen LogP contribution in [0.15, 0.2) is 6.33 Å². The Morgan fingerprint density at radius 2 is 2.38 bits per heavy atom. The molecule has 0 unspecified atom stereocenters. The quantitative estimate of drug-likeness (QED) is 0.559. The first-order chi connectivity index (χ1) is 6.07. The molecule has 0 aromatic carbocycles. The van der Waals surface area contributed by atoms with E-state index in [9.17, 15) is 10.1 Å². The molecule has 0 aliphatic carbocycles. The summed E-state index contributed by atoms with van der Waals surface area (Å²) in [4.78, 5) is 13.5. The standard InChI is InChI=1S/C7H11N3O3/c1-5(2)9-4-8-7(10(12)13)6(9)3-11/h4-5,11H,3H2,1-2H3. The van der Waals surface area contributed by atoms with Gasteiger partial charge >= 0.3 is 5.82 Å². The van der Waals surface area contributed by atoms with Crippen molar-refractivity contribution >= 4 is 5.82 Å². The number of imidazole rings is 1. The normalized spacial score (nSPS) is 10.8. The Hall–Kier alpha value is -1.43. The van der Waals surface area contributed by atoms with Crippen LogP contribution in [0.1, 0.15) is 25.6 Å². The average molecular weight is 185 g/mol. The zero-order valence-electron chi connectivity index (χ0n) is 7.47. The molecular weight excluding hydrogens is 174 g/mol. The van der Waals surface area contributed by atoms with E-state index in [0.717, 1.165) is 0 Å². The minimum absolute atomic E-state index is 0.0587. The lowest BCUT2D eigenvalue weighted by Crippen LogP contribution is -2.05. The molecule has 0 spiro atoms. The Morgan fingerprint density at radius 3 is 2.77 bits per heavy atom. The van der Waals surface area contributed by atoms with E-state index >= 15 is 0 Å². The Bertz CT molecular complexity index is 319. The number of nitro groups is 1. The number of hydrogen-bond donors (Lipinski definition) is 1. The monoisotopic (exact) mass is 185 g/mol. The second-order valence-corrected chi connectivity index (χ2v) is 2.93. The van der Waals surface area contributed by atoms with Crippen LogP contribution in [0.5, 0.6) is 0 Å². The van der Waals surface area contributed by atoms with E-state index in [0.29, 0.717) is 0 Å². The van der Waals surface area contributed by atoms with Gasteiger partial charge in [-0.3, -0.25) is 0 Å². The van der Waals surface area contributed by atoms with Gasteiger partial charge < -0.3 is 19.8 Å². The highest BCUT2D eigenvalue weighted by Crippen LogP contribution is 2.19. The van der Waals surface area contributed by atoms with E-state index in [-0.39, 0.29) is 24.2 Å². The summed E-state index contributed by atoms with van der Waals surface area (Å²) in [6, 6.07) is 0.0587.